The van der Waals surface area contributed by atoms with Crippen LogP contribution in [0.2, 0.25) is 0 Å². The molecule has 0 aliphatic rings. The lowest BCUT2D eigenvalue weighted by atomic mass is 10.1. The molecule has 1 aromatic carbocycles. The van der Waals surface area contributed by atoms with E-state index < -0.39 is 17.9 Å². The van der Waals surface area contributed by atoms with Crippen molar-refractivity contribution in [2.75, 3.05) is 6.61 Å². The van der Waals surface area contributed by atoms with Crippen LogP contribution in [0.25, 0.3) is 0 Å². The number of aliphatic hydroxyl groups is 1. The van der Waals surface area contributed by atoms with Gasteiger partial charge in [-0.05, 0) is 5.56 Å². The van der Waals surface area contributed by atoms with E-state index in [4.69, 9.17) is 10.2 Å². The molecule has 0 aromatic heterocycles. The van der Waals surface area contributed by atoms with E-state index in [2.05, 4.69) is 5.32 Å². The number of aliphatic hydroxyl groups excluding tert-OH is 1. The van der Waals surface area contributed by atoms with Crippen LogP contribution in [0.15, 0.2) is 30.3 Å². The highest BCUT2D eigenvalue weighted by atomic mass is 16.4. The summed E-state index contributed by atoms with van der Waals surface area (Å²) in [5.74, 6) is -1.55. The number of amides is 1. The van der Waals surface area contributed by atoms with Gasteiger partial charge in [0.15, 0.2) is 0 Å². The van der Waals surface area contributed by atoms with E-state index in [-0.39, 0.29) is 19.4 Å². The summed E-state index contributed by atoms with van der Waals surface area (Å²) in [6.45, 7) is -0.288. The van der Waals surface area contributed by atoms with E-state index in [9.17, 15) is 9.59 Å². The monoisotopic (exact) mass is 237 g/mol. The Kier molecular flexibility index (Phi) is 5.16. The molecule has 17 heavy (non-hydrogen) atoms. The van der Waals surface area contributed by atoms with Crippen LogP contribution in [0.1, 0.15) is 12.0 Å². The van der Waals surface area contributed by atoms with Crippen molar-refractivity contribution >= 4 is 11.9 Å². The second kappa shape index (κ2) is 6.65. The summed E-state index contributed by atoms with van der Waals surface area (Å²) in [5.41, 5.74) is 0.837. The topological polar surface area (TPSA) is 86.6 Å². The molecule has 0 aliphatic carbocycles. The first-order valence-corrected chi connectivity index (χ1v) is 5.30. The number of carbonyl (C=O) groups excluding carboxylic acids is 1. The average Bonchev–Trinajstić information content (AvgIpc) is 2.29. The summed E-state index contributed by atoms with van der Waals surface area (Å²) in [4.78, 5) is 22.2. The fourth-order valence-corrected chi connectivity index (χ4v) is 1.42. The maximum absolute atomic E-state index is 11.2. The number of carboxylic acids is 1. The number of hydrogen-bond acceptors (Lipinski definition) is 3. The summed E-state index contributed by atoms with van der Waals surface area (Å²) in [6.07, 6.45) is 0.145. The first kappa shape index (κ1) is 13.2. The SMILES string of the molecule is O=C(CCO)N[C@H](Cc1ccccc1)C(=O)O. The summed E-state index contributed by atoms with van der Waals surface area (Å²) in [6, 6.07) is 8.09. The zero-order valence-corrected chi connectivity index (χ0v) is 9.30. The summed E-state index contributed by atoms with van der Waals surface area (Å²) >= 11 is 0. The third-order valence-corrected chi connectivity index (χ3v) is 2.25. The highest BCUT2D eigenvalue weighted by molar-refractivity contribution is 5.83. The van der Waals surface area contributed by atoms with Crippen molar-refractivity contribution in [2.45, 2.75) is 18.9 Å². The van der Waals surface area contributed by atoms with Crippen LogP contribution >= 0.6 is 0 Å². The van der Waals surface area contributed by atoms with Gasteiger partial charge in [0.1, 0.15) is 6.04 Å². The van der Waals surface area contributed by atoms with Crippen molar-refractivity contribution in [3.05, 3.63) is 35.9 Å². The fraction of sp³-hybridized carbons (Fsp3) is 0.333. The van der Waals surface area contributed by atoms with Gasteiger partial charge >= 0.3 is 5.97 Å². The Bertz CT molecular complexity index is 377. The summed E-state index contributed by atoms with van der Waals surface area (Å²) in [5, 5.41) is 19.9. The molecular weight excluding hydrogens is 222 g/mol. The number of hydrogen-bond donors (Lipinski definition) is 3. The van der Waals surface area contributed by atoms with E-state index in [0.717, 1.165) is 5.56 Å². The average molecular weight is 237 g/mol. The predicted molar refractivity (Wildman–Crippen MR) is 61.4 cm³/mol. The number of rotatable bonds is 6. The zero-order chi connectivity index (χ0) is 12.7. The van der Waals surface area contributed by atoms with Gasteiger partial charge in [-0.25, -0.2) is 4.79 Å². The first-order valence-electron chi connectivity index (χ1n) is 5.30. The quantitative estimate of drug-likeness (QED) is 0.658. The van der Waals surface area contributed by atoms with Gasteiger partial charge in [-0.2, -0.15) is 0 Å². The molecule has 5 heteroatoms. The van der Waals surface area contributed by atoms with Gasteiger partial charge in [0.2, 0.25) is 5.91 Å². The zero-order valence-electron chi connectivity index (χ0n) is 9.30. The molecule has 0 aliphatic heterocycles. The van der Waals surface area contributed by atoms with Crippen molar-refractivity contribution < 1.29 is 19.8 Å². The van der Waals surface area contributed by atoms with Crippen LogP contribution in [-0.4, -0.2) is 34.7 Å². The lowest BCUT2D eigenvalue weighted by Crippen LogP contribution is -2.42. The molecule has 3 N–H and O–H groups in total. The van der Waals surface area contributed by atoms with Crippen LogP contribution in [-0.2, 0) is 16.0 Å². The van der Waals surface area contributed by atoms with Crippen molar-refractivity contribution in [2.24, 2.45) is 0 Å². The lowest BCUT2D eigenvalue weighted by molar-refractivity contribution is -0.141. The van der Waals surface area contributed by atoms with Crippen molar-refractivity contribution in [1.82, 2.24) is 5.32 Å². The van der Waals surface area contributed by atoms with E-state index in [1.165, 1.54) is 0 Å². The second-order valence-corrected chi connectivity index (χ2v) is 3.62. The molecule has 0 heterocycles. The van der Waals surface area contributed by atoms with E-state index >= 15 is 0 Å². The van der Waals surface area contributed by atoms with Gasteiger partial charge < -0.3 is 15.5 Å². The molecule has 0 radical (unpaired) electrons. The number of carbonyl (C=O) groups is 2. The fourth-order valence-electron chi connectivity index (χ4n) is 1.42. The highest BCUT2D eigenvalue weighted by Gasteiger charge is 2.19. The molecule has 1 atom stereocenters. The normalized spacial score (nSPS) is 11.8. The molecule has 1 rings (SSSR count). The smallest absolute Gasteiger partial charge is 0.326 e. The highest BCUT2D eigenvalue weighted by Crippen LogP contribution is 2.03. The Morgan fingerprint density at radius 2 is 1.88 bits per heavy atom. The molecular formula is C12H15NO4. The molecule has 1 amide bonds. The van der Waals surface area contributed by atoms with Crippen molar-refractivity contribution in [3.63, 3.8) is 0 Å². The summed E-state index contributed by atoms with van der Waals surface area (Å²) < 4.78 is 0. The van der Waals surface area contributed by atoms with Crippen LogP contribution in [0.4, 0.5) is 0 Å². The van der Waals surface area contributed by atoms with Gasteiger partial charge in [-0.3, -0.25) is 4.79 Å². The minimum Gasteiger partial charge on any atom is -0.480 e. The van der Waals surface area contributed by atoms with E-state index in [0.29, 0.717) is 0 Å². The minimum atomic E-state index is -1.08. The van der Waals surface area contributed by atoms with Crippen LogP contribution < -0.4 is 5.32 Å². The van der Waals surface area contributed by atoms with Gasteiger partial charge in [0.05, 0.1) is 6.61 Å². The molecule has 0 unspecified atom stereocenters. The predicted octanol–water partition coefficient (Wildman–Crippen LogP) is 0.181. The van der Waals surface area contributed by atoms with Crippen molar-refractivity contribution in [1.29, 1.82) is 0 Å². The maximum atomic E-state index is 11.2. The Balaban J connectivity index is 2.61. The van der Waals surface area contributed by atoms with Crippen LogP contribution in [0, 0.1) is 0 Å². The van der Waals surface area contributed by atoms with E-state index in [1.54, 1.807) is 12.1 Å². The largest absolute Gasteiger partial charge is 0.480 e. The maximum Gasteiger partial charge on any atom is 0.326 e. The van der Waals surface area contributed by atoms with Crippen molar-refractivity contribution in [3.8, 4) is 0 Å². The molecule has 0 bridgehead atoms. The molecule has 0 saturated heterocycles. The standard InChI is InChI=1S/C12H15NO4/c14-7-6-11(15)13-10(12(16)17)8-9-4-2-1-3-5-9/h1-5,10,14H,6-8H2,(H,13,15)(H,16,17)/t10-/m1/s1. The third-order valence-electron chi connectivity index (χ3n) is 2.25. The molecule has 5 nitrogen and oxygen atoms in total. The summed E-state index contributed by atoms with van der Waals surface area (Å²) in [7, 11) is 0. The van der Waals surface area contributed by atoms with Crippen LogP contribution in [0.3, 0.4) is 0 Å². The molecule has 1 aromatic rings. The number of nitrogens with one attached hydrogen (secondary N) is 1. The molecule has 0 spiro atoms. The number of benzene rings is 1. The van der Waals surface area contributed by atoms with Gasteiger partial charge in [-0.15, -0.1) is 0 Å². The van der Waals surface area contributed by atoms with Gasteiger partial charge in [0.25, 0.3) is 0 Å². The number of aliphatic carboxylic acids is 1. The third kappa shape index (κ3) is 4.65. The molecule has 0 fully saturated rings. The van der Waals surface area contributed by atoms with Gasteiger partial charge in [0, 0.05) is 12.8 Å². The molecule has 0 saturated carbocycles. The Morgan fingerprint density at radius 1 is 1.24 bits per heavy atom. The Hall–Kier alpha value is -1.88. The first-order chi connectivity index (χ1) is 8.13. The second-order valence-electron chi connectivity index (χ2n) is 3.62. The number of carboxylic acid groups (broad SMARTS) is 1. The van der Waals surface area contributed by atoms with Gasteiger partial charge in [-0.1, -0.05) is 30.3 Å². The Morgan fingerprint density at radius 3 is 2.41 bits per heavy atom. The Labute approximate surface area is 99.1 Å². The lowest BCUT2D eigenvalue weighted by Gasteiger charge is -2.14. The van der Waals surface area contributed by atoms with Crippen LogP contribution in [0.5, 0.6) is 0 Å². The van der Waals surface area contributed by atoms with E-state index in [1.807, 2.05) is 18.2 Å². The minimum absolute atomic E-state index is 0.0848. The molecule has 92 valence electrons.